The van der Waals surface area contributed by atoms with Crippen LogP contribution in [0.3, 0.4) is 0 Å². The minimum atomic E-state index is 0.341. The van der Waals surface area contributed by atoms with E-state index in [0.717, 1.165) is 11.3 Å². The van der Waals surface area contributed by atoms with Crippen LogP contribution >= 0.6 is 0 Å². The number of nitrogens with zero attached hydrogens (tertiary/aromatic N) is 5. The Morgan fingerprint density at radius 3 is 2.86 bits per heavy atom. The summed E-state index contributed by atoms with van der Waals surface area (Å²) in [5.74, 6) is 0.435. The first-order valence-corrected chi connectivity index (χ1v) is 6.42. The molecule has 1 N–H and O–H groups in total. The minimum Gasteiger partial charge on any atom is -0.350 e. The highest BCUT2D eigenvalue weighted by Crippen LogP contribution is 2.14. The lowest BCUT2D eigenvalue weighted by Gasteiger charge is -2.10. The monoisotopic (exact) mass is 276 g/mol. The third-order valence-corrected chi connectivity index (χ3v) is 2.95. The van der Waals surface area contributed by atoms with Gasteiger partial charge in [-0.1, -0.05) is 18.2 Å². The number of benzene rings is 1. The molecule has 0 spiro atoms. The van der Waals surface area contributed by atoms with Gasteiger partial charge in [0.2, 0.25) is 5.95 Å². The maximum absolute atomic E-state index is 8.84. The second-order valence-electron chi connectivity index (χ2n) is 4.31. The van der Waals surface area contributed by atoms with Crippen molar-refractivity contribution in [2.75, 3.05) is 5.32 Å². The number of nitriles is 1. The fourth-order valence-electron chi connectivity index (χ4n) is 1.98. The number of nitrogens with one attached hydrogen (secondary N) is 1. The second kappa shape index (κ2) is 5.84. The summed E-state index contributed by atoms with van der Waals surface area (Å²) in [5.41, 5.74) is 2.39. The number of hydrogen-bond donors (Lipinski definition) is 1. The molecule has 0 aliphatic carbocycles. The van der Waals surface area contributed by atoms with Crippen LogP contribution in [-0.2, 0) is 6.54 Å². The molecule has 0 amide bonds. The first-order valence-electron chi connectivity index (χ1n) is 6.42. The first-order chi connectivity index (χ1) is 10.4. The molecule has 1 aromatic carbocycles. The summed E-state index contributed by atoms with van der Waals surface area (Å²) in [6.45, 7) is 0.547. The van der Waals surface area contributed by atoms with Crippen LogP contribution in [0.1, 0.15) is 11.3 Å². The Morgan fingerprint density at radius 2 is 2.05 bits per heavy atom. The lowest BCUT2D eigenvalue weighted by Crippen LogP contribution is -2.07. The van der Waals surface area contributed by atoms with Crippen LogP contribution in [0.5, 0.6) is 0 Å². The molecule has 0 atom stereocenters. The van der Waals surface area contributed by atoms with Crippen molar-refractivity contribution in [3.8, 4) is 11.8 Å². The standard InChI is InChI=1S/C15H12N6/c16-10-13-6-8-17-15(20-13)18-11-12-4-1-2-5-14(12)21-9-3-7-19-21/h1-9H,11H2,(H,17,18,20). The van der Waals surface area contributed by atoms with Gasteiger partial charge in [0.05, 0.1) is 5.69 Å². The number of rotatable bonds is 4. The molecule has 102 valence electrons. The summed E-state index contributed by atoms with van der Waals surface area (Å²) in [6.07, 6.45) is 5.20. The van der Waals surface area contributed by atoms with Crippen molar-refractivity contribution >= 4 is 5.95 Å². The van der Waals surface area contributed by atoms with Crippen LogP contribution in [-0.4, -0.2) is 19.7 Å². The Hall–Kier alpha value is -3.20. The average Bonchev–Trinajstić information content (AvgIpc) is 3.08. The van der Waals surface area contributed by atoms with Gasteiger partial charge < -0.3 is 5.32 Å². The number of anilines is 1. The van der Waals surface area contributed by atoms with Crippen LogP contribution < -0.4 is 5.32 Å². The van der Waals surface area contributed by atoms with E-state index >= 15 is 0 Å². The Morgan fingerprint density at radius 1 is 1.14 bits per heavy atom. The number of hydrogen-bond acceptors (Lipinski definition) is 5. The lowest BCUT2D eigenvalue weighted by atomic mass is 10.2. The molecule has 3 aromatic rings. The molecule has 0 saturated carbocycles. The van der Waals surface area contributed by atoms with Crippen molar-refractivity contribution < 1.29 is 0 Å². The minimum absolute atomic E-state index is 0.341. The van der Waals surface area contributed by atoms with Gasteiger partial charge in [0.15, 0.2) is 0 Å². The van der Waals surface area contributed by atoms with Gasteiger partial charge in [0.25, 0.3) is 0 Å². The topological polar surface area (TPSA) is 79.4 Å². The fourth-order valence-corrected chi connectivity index (χ4v) is 1.98. The van der Waals surface area contributed by atoms with Crippen molar-refractivity contribution in [3.63, 3.8) is 0 Å². The summed E-state index contributed by atoms with van der Waals surface area (Å²) in [5, 5.41) is 16.2. The van der Waals surface area contributed by atoms with Crippen molar-refractivity contribution in [1.29, 1.82) is 5.26 Å². The van der Waals surface area contributed by atoms with Gasteiger partial charge in [0.1, 0.15) is 11.8 Å². The van der Waals surface area contributed by atoms with Gasteiger partial charge in [-0.25, -0.2) is 14.6 Å². The molecule has 0 aliphatic rings. The first kappa shape index (κ1) is 12.8. The molecule has 0 fully saturated rings. The molecule has 2 aromatic heterocycles. The highest BCUT2D eigenvalue weighted by Gasteiger charge is 2.05. The lowest BCUT2D eigenvalue weighted by molar-refractivity contribution is 0.862. The van der Waals surface area contributed by atoms with E-state index in [1.165, 1.54) is 0 Å². The fraction of sp³-hybridized carbons (Fsp3) is 0.0667. The van der Waals surface area contributed by atoms with Crippen LogP contribution in [0.25, 0.3) is 5.69 Å². The average molecular weight is 276 g/mol. The van der Waals surface area contributed by atoms with Crippen molar-refractivity contribution in [2.45, 2.75) is 6.54 Å². The third kappa shape index (κ3) is 2.87. The maximum Gasteiger partial charge on any atom is 0.224 e. The maximum atomic E-state index is 8.84. The van der Waals surface area contributed by atoms with E-state index in [1.54, 1.807) is 18.5 Å². The third-order valence-electron chi connectivity index (χ3n) is 2.95. The van der Waals surface area contributed by atoms with Crippen LogP contribution in [0.15, 0.2) is 55.0 Å². The smallest absolute Gasteiger partial charge is 0.224 e. The predicted molar refractivity (Wildman–Crippen MR) is 77.6 cm³/mol. The summed E-state index contributed by atoms with van der Waals surface area (Å²) in [7, 11) is 0. The number of aromatic nitrogens is 4. The molecule has 3 rings (SSSR count). The van der Waals surface area contributed by atoms with Gasteiger partial charge in [-0.15, -0.1) is 0 Å². The molecular formula is C15H12N6. The Kier molecular flexibility index (Phi) is 3.56. The summed E-state index contributed by atoms with van der Waals surface area (Å²) in [6, 6.07) is 13.4. The van der Waals surface area contributed by atoms with Crippen LogP contribution in [0.4, 0.5) is 5.95 Å². The van der Waals surface area contributed by atoms with Crippen LogP contribution in [0, 0.1) is 11.3 Å². The second-order valence-corrected chi connectivity index (χ2v) is 4.31. The van der Waals surface area contributed by atoms with Gasteiger partial charge >= 0.3 is 0 Å². The van der Waals surface area contributed by atoms with E-state index in [-0.39, 0.29) is 0 Å². The molecule has 0 radical (unpaired) electrons. The van der Waals surface area contributed by atoms with E-state index in [9.17, 15) is 0 Å². The molecule has 2 heterocycles. The van der Waals surface area contributed by atoms with E-state index in [1.807, 2.05) is 47.3 Å². The Labute approximate surface area is 121 Å². The molecule has 0 saturated heterocycles. The van der Waals surface area contributed by atoms with Crippen LogP contribution in [0.2, 0.25) is 0 Å². The normalized spacial score (nSPS) is 10.0. The molecule has 0 bridgehead atoms. The number of para-hydroxylation sites is 1. The molecule has 0 unspecified atom stereocenters. The largest absolute Gasteiger partial charge is 0.350 e. The molecule has 6 nitrogen and oxygen atoms in total. The quantitative estimate of drug-likeness (QED) is 0.789. The van der Waals surface area contributed by atoms with Gasteiger partial charge in [0, 0.05) is 25.1 Å². The van der Waals surface area contributed by atoms with Crippen molar-refractivity contribution in [3.05, 3.63) is 66.2 Å². The summed E-state index contributed by atoms with van der Waals surface area (Å²) >= 11 is 0. The molecule has 21 heavy (non-hydrogen) atoms. The Bertz CT molecular complexity index is 773. The summed E-state index contributed by atoms with van der Waals surface area (Å²) < 4.78 is 1.81. The van der Waals surface area contributed by atoms with Crippen molar-refractivity contribution in [1.82, 2.24) is 19.7 Å². The SMILES string of the molecule is N#Cc1ccnc(NCc2ccccc2-n2cccn2)n1. The molecular weight excluding hydrogens is 264 g/mol. The zero-order valence-corrected chi connectivity index (χ0v) is 11.1. The van der Waals surface area contributed by atoms with Gasteiger partial charge in [-0.3, -0.25) is 0 Å². The zero-order valence-electron chi connectivity index (χ0n) is 11.1. The van der Waals surface area contributed by atoms with Gasteiger partial charge in [-0.2, -0.15) is 10.4 Å². The highest BCUT2D eigenvalue weighted by molar-refractivity contribution is 5.42. The highest BCUT2D eigenvalue weighted by atomic mass is 15.3. The van der Waals surface area contributed by atoms with Crippen molar-refractivity contribution in [2.24, 2.45) is 0 Å². The molecule has 0 aliphatic heterocycles. The zero-order chi connectivity index (χ0) is 14.5. The summed E-state index contributed by atoms with van der Waals surface area (Å²) in [4.78, 5) is 8.19. The van der Waals surface area contributed by atoms with E-state index in [2.05, 4.69) is 20.4 Å². The van der Waals surface area contributed by atoms with E-state index in [4.69, 9.17) is 5.26 Å². The van der Waals surface area contributed by atoms with E-state index < -0.39 is 0 Å². The van der Waals surface area contributed by atoms with E-state index in [0.29, 0.717) is 18.2 Å². The van der Waals surface area contributed by atoms with Gasteiger partial charge in [-0.05, 0) is 23.8 Å². The predicted octanol–water partition coefficient (Wildman–Crippen LogP) is 2.15. The Balaban J connectivity index is 1.81. The molecule has 6 heteroatoms.